The van der Waals surface area contributed by atoms with Gasteiger partial charge in [-0.15, -0.1) is 0 Å². The lowest BCUT2D eigenvalue weighted by atomic mass is 10.1. The third-order valence-electron chi connectivity index (χ3n) is 2.24. The number of hydrogen-bond acceptors (Lipinski definition) is 2. The van der Waals surface area contributed by atoms with E-state index >= 15 is 0 Å². The maximum Gasteiger partial charge on any atom is 0.141 e. The van der Waals surface area contributed by atoms with E-state index in [1.165, 1.54) is 18.3 Å². The second kappa shape index (κ2) is 4.35. The Morgan fingerprint density at radius 3 is 2.62 bits per heavy atom. The van der Waals surface area contributed by atoms with Crippen LogP contribution < -0.4 is 0 Å². The molecule has 16 heavy (non-hydrogen) atoms. The van der Waals surface area contributed by atoms with Crippen LogP contribution in [0.3, 0.4) is 0 Å². The molecular weight excluding hydrogens is 210 g/mol. The summed E-state index contributed by atoms with van der Waals surface area (Å²) in [6, 6.07) is 2.73. The summed E-state index contributed by atoms with van der Waals surface area (Å²) in [5.74, 6) is -0.695. The molecule has 0 aliphatic heterocycles. The van der Waals surface area contributed by atoms with E-state index in [9.17, 15) is 8.78 Å². The van der Waals surface area contributed by atoms with E-state index in [0.717, 1.165) is 6.20 Å². The molecule has 0 fully saturated rings. The second-order valence-corrected chi connectivity index (χ2v) is 3.61. The molecule has 0 saturated carbocycles. The van der Waals surface area contributed by atoms with Gasteiger partial charge in [0.25, 0.3) is 0 Å². The van der Waals surface area contributed by atoms with Crippen LogP contribution in [0.25, 0.3) is 0 Å². The van der Waals surface area contributed by atoms with Gasteiger partial charge in [-0.05, 0) is 24.6 Å². The highest BCUT2D eigenvalue weighted by Crippen LogP contribution is 2.11. The summed E-state index contributed by atoms with van der Waals surface area (Å²) in [7, 11) is 0. The van der Waals surface area contributed by atoms with Crippen LogP contribution in [0.15, 0.2) is 30.7 Å². The van der Waals surface area contributed by atoms with Crippen LogP contribution in [0, 0.1) is 18.6 Å². The van der Waals surface area contributed by atoms with Crippen molar-refractivity contribution in [3.63, 3.8) is 0 Å². The maximum absolute atomic E-state index is 13.2. The lowest BCUT2D eigenvalue weighted by Crippen LogP contribution is -1.96. The van der Waals surface area contributed by atoms with Crippen molar-refractivity contribution in [1.82, 2.24) is 9.97 Å². The van der Waals surface area contributed by atoms with Gasteiger partial charge in [-0.3, -0.25) is 9.97 Å². The Labute approximate surface area is 92.0 Å². The summed E-state index contributed by atoms with van der Waals surface area (Å²) in [6.07, 6.45) is 4.52. The lowest BCUT2D eigenvalue weighted by Gasteiger charge is -2.02. The summed E-state index contributed by atoms with van der Waals surface area (Å²) in [4.78, 5) is 7.80. The van der Waals surface area contributed by atoms with Crippen molar-refractivity contribution in [2.75, 3.05) is 0 Å². The minimum absolute atomic E-state index is 0.297. The van der Waals surface area contributed by atoms with Gasteiger partial charge in [0.15, 0.2) is 0 Å². The zero-order chi connectivity index (χ0) is 11.5. The van der Waals surface area contributed by atoms with Gasteiger partial charge >= 0.3 is 0 Å². The number of aryl methyl sites for hydroxylation is 1. The summed E-state index contributed by atoms with van der Waals surface area (Å²) in [6.45, 7) is 1.65. The monoisotopic (exact) mass is 220 g/mol. The normalized spacial score (nSPS) is 10.4. The molecule has 2 nitrogen and oxygen atoms in total. The summed E-state index contributed by atoms with van der Waals surface area (Å²) >= 11 is 0. The van der Waals surface area contributed by atoms with Crippen molar-refractivity contribution in [3.8, 4) is 0 Å². The number of halogens is 2. The van der Waals surface area contributed by atoms with Crippen molar-refractivity contribution in [1.29, 1.82) is 0 Å². The number of nitrogens with zero attached hydrogens (tertiary/aromatic N) is 2. The minimum atomic E-state index is -0.398. The zero-order valence-corrected chi connectivity index (χ0v) is 8.74. The molecule has 2 rings (SSSR count). The molecular formula is C12H10F2N2. The van der Waals surface area contributed by atoms with Gasteiger partial charge in [0.1, 0.15) is 11.6 Å². The van der Waals surface area contributed by atoms with Gasteiger partial charge in [-0.2, -0.15) is 0 Å². The first kappa shape index (κ1) is 10.7. The first-order valence-corrected chi connectivity index (χ1v) is 4.85. The highest BCUT2D eigenvalue weighted by Gasteiger charge is 2.03. The number of aromatic nitrogens is 2. The molecule has 0 aliphatic rings. The Bertz CT molecular complexity index is 512. The zero-order valence-electron chi connectivity index (χ0n) is 8.74. The molecule has 0 atom stereocenters. The molecule has 0 spiro atoms. The van der Waals surface area contributed by atoms with Gasteiger partial charge in [0, 0.05) is 30.1 Å². The van der Waals surface area contributed by atoms with E-state index in [1.807, 2.05) is 0 Å². The van der Waals surface area contributed by atoms with Crippen LogP contribution in [0.1, 0.15) is 16.8 Å². The average molecular weight is 220 g/mol. The van der Waals surface area contributed by atoms with Gasteiger partial charge in [0.2, 0.25) is 0 Å². The molecule has 2 aromatic heterocycles. The van der Waals surface area contributed by atoms with Crippen LogP contribution >= 0.6 is 0 Å². The Morgan fingerprint density at radius 2 is 1.94 bits per heavy atom. The number of pyridine rings is 2. The first-order valence-electron chi connectivity index (χ1n) is 4.85. The van der Waals surface area contributed by atoms with Gasteiger partial charge in [0.05, 0.1) is 6.20 Å². The Kier molecular flexibility index (Phi) is 2.90. The lowest BCUT2D eigenvalue weighted by molar-refractivity contribution is 0.612. The van der Waals surface area contributed by atoms with E-state index in [2.05, 4.69) is 9.97 Å². The minimum Gasteiger partial charge on any atom is -0.261 e. The van der Waals surface area contributed by atoms with Crippen LogP contribution in [0.2, 0.25) is 0 Å². The summed E-state index contributed by atoms with van der Waals surface area (Å²) < 4.78 is 26.1. The van der Waals surface area contributed by atoms with Crippen LogP contribution in [-0.2, 0) is 6.42 Å². The standard InChI is InChI=1S/C12H10F2N2/c1-8-5-16-11(4-12(8)14)3-9-2-10(13)7-15-6-9/h2,4-7H,3H2,1H3. The van der Waals surface area contributed by atoms with Crippen molar-refractivity contribution >= 4 is 0 Å². The molecule has 0 N–H and O–H groups in total. The molecule has 2 heterocycles. The number of rotatable bonds is 2. The highest BCUT2D eigenvalue weighted by atomic mass is 19.1. The fourth-order valence-corrected chi connectivity index (χ4v) is 1.40. The maximum atomic E-state index is 13.2. The Balaban J connectivity index is 2.24. The fraction of sp³-hybridized carbons (Fsp3) is 0.167. The molecule has 0 saturated heterocycles. The molecule has 0 bridgehead atoms. The topological polar surface area (TPSA) is 25.8 Å². The highest BCUT2D eigenvalue weighted by molar-refractivity contribution is 5.22. The number of hydrogen-bond donors (Lipinski definition) is 0. The Hall–Kier alpha value is -1.84. The molecule has 0 unspecified atom stereocenters. The molecule has 0 amide bonds. The van der Waals surface area contributed by atoms with E-state index < -0.39 is 5.82 Å². The van der Waals surface area contributed by atoms with Crippen LogP contribution in [0.4, 0.5) is 8.78 Å². The molecule has 2 aromatic rings. The fourth-order valence-electron chi connectivity index (χ4n) is 1.40. The Morgan fingerprint density at radius 1 is 1.12 bits per heavy atom. The average Bonchev–Trinajstić information content (AvgIpc) is 2.24. The molecule has 0 aliphatic carbocycles. The summed E-state index contributed by atoms with van der Waals surface area (Å²) in [5, 5.41) is 0. The molecule has 82 valence electrons. The van der Waals surface area contributed by atoms with E-state index in [4.69, 9.17) is 0 Å². The molecule has 0 radical (unpaired) electrons. The van der Waals surface area contributed by atoms with Crippen molar-refractivity contribution < 1.29 is 8.78 Å². The SMILES string of the molecule is Cc1cnc(Cc2cncc(F)c2)cc1F. The van der Waals surface area contributed by atoms with E-state index in [1.54, 1.807) is 13.1 Å². The van der Waals surface area contributed by atoms with Gasteiger partial charge < -0.3 is 0 Å². The van der Waals surface area contributed by atoms with Crippen molar-refractivity contribution in [2.24, 2.45) is 0 Å². The molecule has 4 heteroatoms. The smallest absolute Gasteiger partial charge is 0.141 e. The first-order chi connectivity index (χ1) is 7.65. The van der Waals surface area contributed by atoms with Crippen LogP contribution in [0.5, 0.6) is 0 Å². The quantitative estimate of drug-likeness (QED) is 0.777. The van der Waals surface area contributed by atoms with Crippen molar-refractivity contribution in [3.05, 3.63) is 59.2 Å². The third-order valence-corrected chi connectivity index (χ3v) is 2.24. The summed E-state index contributed by atoms with van der Waals surface area (Å²) in [5.41, 5.74) is 1.74. The van der Waals surface area contributed by atoms with Gasteiger partial charge in [-0.1, -0.05) is 0 Å². The second-order valence-electron chi connectivity index (χ2n) is 3.61. The predicted octanol–water partition coefficient (Wildman–Crippen LogP) is 2.65. The largest absolute Gasteiger partial charge is 0.261 e. The van der Waals surface area contributed by atoms with Crippen LogP contribution in [-0.4, -0.2) is 9.97 Å². The van der Waals surface area contributed by atoms with E-state index in [-0.39, 0.29) is 5.82 Å². The third kappa shape index (κ3) is 2.39. The van der Waals surface area contributed by atoms with Crippen molar-refractivity contribution in [2.45, 2.75) is 13.3 Å². The van der Waals surface area contributed by atoms with E-state index in [0.29, 0.717) is 23.2 Å². The molecule has 0 aromatic carbocycles. The predicted molar refractivity (Wildman–Crippen MR) is 55.9 cm³/mol. The van der Waals surface area contributed by atoms with Gasteiger partial charge in [-0.25, -0.2) is 8.78 Å².